The quantitative estimate of drug-likeness (QED) is 0.382. The summed E-state index contributed by atoms with van der Waals surface area (Å²) >= 11 is 0. The van der Waals surface area contributed by atoms with E-state index in [0.717, 1.165) is 48.8 Å². The first-order valence-corrected chi connectivity index (χ1v) is 12.7. The summed E-state index contributed by atoms with van der Waals surface area (Å²) in [4.78, 5) is 24.8. The molecule has 0 heterocycles. The summed E-state index contributed by atoms with van der Waals surface area (Å²) in [5.41, 5.74) is 10.8. The van der Waals surface area contributed by atoms with Crippen molar-refractivity contribution in [2.45, 2.75) is 38.1 Å². The van der Waals surface area contributed by atoms with Crippen molar-refractivity contribution in [3.05, 3.63) is 90.0 Å². The summed E-state index contributed by atoms with van der Waals surface area (Å²) in [6.07, 6.45) is 4.06. The second-order valence-electron chi connectivity index (χ2n) is 9.52. The van der Waals surface area contributed by atoms with Crippen LogP contribution in [0.15, 0.2) is 78.9 Å². The SMILES string of the molecule is COC(=O)Nc1ccc(-c2cccc([C@H](Cc3ccccc3)NC(=O)C3CCC(CN)CC3)c2)cc1. The van der Waals surface area contributed by atoms with Crippen molar-refractivity contribution in [2.24, 2.45) is 17.6 Å². The van der Waals surface area contributed by atoms with Crippen LogP contribution in [0.3, 0.4) is 0 Å². The van der Waals surface area contributed by atoms with Crippen LogP contribution in [0.5, 0.6) is 0 Å². The lowest BCUT2D eigenvalue weighted by Crippen LogP contribution is -2.37. The first-order chi connectivity index (χ1) is 17.6. The minimum atomic E-state index is -0.499. The highest BCUT2D eigenvalue weighted by Crippen LogP contribution is 2.30. The number of carbonyl (C=O) groups excluding carboxylic acids is 2. The molecule has 0 saturated heterocycles. The van der Waals surface area contributed by atoms with Gasteiger partial charge in [0.05, 0.1) is 13.2 Å². The Morgan fingerprint density at radius 2 is 1.64 bits per heavy atom. The average Bonchev–Trinajstić information content (AvgIpc) is 2.93. The molecule has 4 rings (SSSR count). The number of carbonyl (C=O) groups is 2. The van der Waals surface area contributed by atoms with Crippen molar-refractivity contribution in [2.75, 3.05) is 19.0 Å². The highest BCUT2D eigenvalue weighted by molar-refractivity contribution is 5.85. The van der Waals surface area contributed by atoms with Crippen molar-refractivity contribution >= 4 is 17.7 Å². The van der Waals surface area contributed by atoms with E-state index in [0.29, 0.717) is 18.2 Å². The molecule has 1 saturated carbocycles. The van der Waals surface area contributed by atoms with Crippen molar-refractivity contribution in [3.8, 4) is 11.1 Å². The van der Waals surface area contributed by atoms with E-state index in [2.05, 4.69) is 45.7 Å². The topological polar surface area (TPSA) is 93.5 Å². The van der Waals surface area contributed by atoms with Crippen LogP contribution in [0, 0.1) is 11.8 Å². The number of hydrogen-bond acceptors (Lipinski definition) is 4. The van der Waals surface area contributed by atoms with Gasteiger partial charge in [0.2, 0.25) is 5.91 Å². The first kappa shape index (κ1) is 25.5. The third-order valence-electron chi connectivity index (χ3n) is 7.09. The number of nitrogens with two attached hydrogens (primary N) is 1. The number of methoxy groups -OCH3 is 1. The normalized spacial score (nSPS) is 18.2. The molecule has 3 aromatic rings. The molecule has 1 aliphatic carbocycles. The lowest BCUT2D eigenvalue weighted by molar-refractivity contribution is -0.127. The van der Waals surface area contributed by atoms with Gasteiger partial charge in [0, 0.05) is 11.6 Å². The average molecular weight is 486 g/mol. The highest BCUT2D eigenvalue weighted by atomic mass is 16.5. The summed E-state index contributed by atoms with van der Waals surface area (Å²) in [5, 5.41) is 6.04. The Balaban J connectivity index is 1.54. The fourth-order valence-corrected chi connectivity index (χ4v) is 4.90. The van der Waals surface area contributed by atoms with E-state index >= 15 is 0 Å². The molecule has 0 aliphatic heterocycles. The van der Waals surface area contributed by atoms with Gasteiger partial charge in [-0.15, -0.1) is 0 Å². The summed E-state index contributed by atoms with van der Waals surface area (Å²) in [5.74, 6) is 0.721. The predicted octanol–water partition coefficient (Wildman–Crippen LogP) is 5.70. The van der Waals surface area contributed by atoms with Crippen LogP contribution in [0.25, 0.3) is 11.1 Å². The number of anilines is 1. The smallest absolute Gasteiger partial charge is 0.411 e. The maximum atomic E-state index is 13.3. The van der Waals surface area contributed by atoms with E-state index in [1.54, 1.807) is 0 Å². The zero-order valence-corrected chi connectivity index (χ0v) is 20.8. The molecule has 6 heteroatoms. The fraction of sp³-hybridized carbons (Fsp3) is 0.333. The summed E-state index contributed by atoms with van der Waals surface area (Å²) in [6.45, 7) is 0.706. The van der Waals surface area contributed by atoms with Gasteiger partial charge < -0.3 is 15.8 Å². The molecule has 36 heavy (non-hydrogen) atoms. The van der Waals surface area contributed by atoms with Gasteiger partial charge in [0.15, 0.2) is 0 Å². The second kappa shape index (κ2) is 12.4. The lowest BCUT2D eigenvalue weighted by atomic mass is 9.81. The van der Waals surface area contributed by atoms with Crippen LogP contribution >= 0.6 is 0 Å². The van der Waals surface area contributed by atoms with Crippen molar-refractivity contribution in [1.82, 2.24) is 5.32 Å². The van der Waals surface area contributed by atoms with Crippen molar-refractivity contribution in [1.29, 1.82) is 0 Å². The number of benzene rings is 3. The Kier molecular flexibility index (Phi) is 8.74. The van der Waals surface area contributed by atoms with Crippen molar-refractivity contribution in [3.63, 3.8) is 0 Å². The molecule has 0 spiro atoms. The molecule has 1 aliphatic rings. The Labute approximate surface area is 213 Å². The summed E-state index contributed by atoms with van der Waals surface area (Å²) < 4.78 is 4.66. The van der Waals surface area contributed by atoms with Gasteiger partial charge in [0.25, 0.3) is 0 Å². The molecule has 1 fully saturated rings. The number of nitrogens with one attached hydrogen (secondary N) is 2. The number of hydrogen-bond donors (Lipinski definition) is 3. The molecular weight excluding hydrogens is 450 g/mol. The predicted molar refractivity (Wildman–Crippen MR) is 143 cm³/mol. The zero-order valence-electron chi connectivity index (χ0n) is 20.8. The standard InChI is InChI=1S/C30H35N3O3/c1-36-30(35)32-27-16-14-23(15-17-27)25-8-5-9-26(19-25)28(18-21-6-3-2-4-7-21)33-29(34)24-12-10-22(20-31)11-13-24/h2-9,14-17,19,22,24,28H,10-13,18,20,31H2,1H3,(H,32,35)(H,33,34)/t22?,24?,28-/m0/s1. The number of ether oxygens (including phenoxy) is 1. The molecule has 0 radical (unpaired) electrons. The minimum Gasteiger partial charge on any atom is -0.453 e. The number of rotatable bonds is 8. The van der Waals surface area contributed by atoms with E-state index in [-0.39, 0.29) is 17.9 Å². The lowest BCUT2D eigenvalue weighted by Gasteiger charge is -2.29. The van der Waals surface area contributed by atoms with Crippen molar-refractivity contribution < 1.29 is 14.3 Å². The van der Waals surface area contributed by atoms with E-state index in [9.17, 15) is 9.59 Å². The fourth-order valence-electron chi connectivity index (χ4n) is 4.90. The Bertz CT molecular complexity index is 1140. The van der Waals surface area contributed by atoms with Gasteiger partial charge in [-0.25, -0.2) is 4.79 Å². The van der Waals surface area contributed by atoms with Crippen LogP contribution in [0.1, 0.15) is 42.9 Å². The summed E-state index contributed by atoms with van der Waals surface area (Å²) in [7, 11) is 1.34. The van der Waals surface area contributed by atoms with Gasteiger partial charge >= 0.3 is 6.09 Å². The highest BCUT2D eigenvalue weighted by Gasteiger charge is 2.27. The third-order valence-corrected chi connectivity index (χ3v) is 7.09. The molecule has 0 aromatic heterocycles. The zero-order chi connectivity index (χ0) is 25.3. The van der Waals surface area contributed by atoms with Gasteiger partial charge in [-0.1, -0.05) is 60.7 Å². The second-order valence-corrected chi connectivity index (χ2v) is 9.52. The molecule has 4 N–H and O–H groups in total. The molecule has 2 amide bonds. The molecule has 188 valence electrons. The molecule has 1 atom stereocenters. The van der Waals surface area contributed by atoms with E-state index < -0.39 is 6.09 Å². The Hall–Kier alpha value is -3.64. The monoisotopic (exact) mass is 485 g/mol. The molecule has 3 aromatic carbocycles. The first-order valence-electron chi connectivity index (χ1n) is 12.7. The molecule has 0 unspecified atom stereocenters. The maximum absolute atomic E-state index is 13.3. The van der Waals surface area contributed by atoms with Crippen LogP contribution in [0.2, 0.25) is 0 Å². The Morgan fingerprint density at radius 1 is 0.917 bits per heavy atom. The van der Waals surface area contributed by atoms with Gasteiger partial charge in [-0.2, -0.15) is 0 Å². The van der Waals surface area contributed by atoms with Crippen LogP contribution in [0.4, 0.5) is 10.5 Å². The third kappa shape index (κ3) is 6.73. The maximum Gasteiger partial charge on any atom is 0.411 e. The van der Waals surface area contributed by atoms with Gasteiger partial charge in [-0.3, -0.25) is 10.1 Å². The van der Waals surface area contributed by atoms with E-state index in [4.69, 9.17) is 5.73 Å². The van der Waals surface area contributed by atoms with Gasteiger partial charge in [0.1, 0.15) is 0 Å². The van der Waals surface area contributed by atoms with E-state index in [1.807, 2.05) is 48.5 Å². The van der Waals surface area contributed by atoms with Crippen LogP contribution in [-0.2, 0) is 16.0 Å². The molecular formula is C30H35N3O3. The molecule has 6 nitrogen and oxygen atoms in total. The van der Waals surface area contributed by atoms with Crippen LogP contribution < -0.4 is 16.4 Å². The van der Waals surface area contributed by atoms with Crippen LogP contribution in [-0.4, -0.2) is 25.7 Å². The Morgan fingerprint density at radius 3 is 2.31 bits per heavy atom. The van der Waals surface area contributed by atoms with E-state index in [1.165, 1.54) is 12.7 Å². The summed E-state index contributed by atoms with van der Waals surface area (Å²) in [6, 6.07) is 26.1. The molecule has 0 bridgehead atoms. The number of amides is 2. The van der Waals surface area contributed by atoms with Gasteiger partial charge in [-0.05, 0) is 85.0 Å². The largest absolute Gasteiger partial charge is 0.453 e. The minimum absolute atomic E-state index is 0.0455.